The number of benzene rings is 1. The second-order valence-electron chi connectivity index (χ2n) is 2.53. The van der Waals surface area contributed by atoms with E-state index in [4.69, 9.17) is 11.6 Å². The summed E-state index contributed by atoms with van der Waals surface area (Å²) in [5.74, 6) is -0.468. The molecule has 78 valence electrons. The van der Waals surface area contributed by atoms with Crippen molar-refractivity contribution in [2.24, 2.45) is 10.2 Å². The zero-order valence-corrected chi connectivity index (χ0v) is 8.81. The number of carbonyl (C=O) groups excluding carboxylic acids is 1. The van der Waals surface area contributed by atoms with Crippen molar-refractivity contribution in [3.05, 3.63) is 41.6 Å². The van der Waals surface area contributed by atoms with Crippen LogP contribution in [0.3, 0.4) is 0 Å². The summed E-state index contributed by atoms with van der Waals surface area (Å²) >= 11 is 5.69. The third kappa shape index (κ3) is 4.37. The van der Waals surface area contributed by atoms with E-state index < -0.39 is 5.97 Å². The largest absolute Gasteiger partial charge is 0.466 e. The van der Waals surface area contributed by atoms with E-state index in [1.807, 2.05) is 0 Å². The lowest BCUT2D eigenvalue weighted by Crippen LogP contribution is -1.92. The van der Waals surface area contributed by atoms with E-state index in [1.54, 1.807) is 24.3 Å². The van der Waals surface area contributed by atoms with Crippen molar-refractivity contribution >= 4 is 23.3 Å². The van der Waals surface area contributed by atoms with Crippen LogP contribution in [0, 0.1) is 0 Å². The Hall–Kier alpha value is -1.68. The van der Waals surface area contributed by atoms with Gasteiger partial charge in [0.25, 0.3) is 0 Å². The molecule has 0 bridgehead atoms. The lowest BCUT2D eigenvalue weighted by molar-refractivity contribution is -0.134. The zero-order chi connectivity index (χ0) is 11.1. The van der Waals surface area contributed by atoms with Gasteiger partial charge in [-0.3, -0.25) is 0 Å². The second-order valence-corrected chi connectivity index (χ2v) is 2.97. The van der Waals surface area contributed by atoms with Crippen LogP contribution in [0.15, 0.2) is 46.8 Å². The average molecular weight is 225 g/mol. The minimum Gasteiger partial charge on any atom is -0.466 e. The van der Waals surface area contributed by atoms with Crippen LogP contribution in [0.5, 0.6) is 0 Å². The number of halogens is 1. The van der Waals surface area contributed by atoms with Crippen molar-refractivity contribution < 1.29 is 9.53 Å². The fourth-order valence-corrected chi connectivity index (χ4v) is 0.896. The summed E-state index contributed by atoms with van der Waals surface area (Å²) in [4.78, 5) is 10.6. The first kappa shape index (κ1) is 11.4. The Morgan fingerprint density at radius 2 is 2.07 bits per heavy atom. The number of hydrogen-bond acceptors (Lipinski definition) is 4. The van der Waals surface area contributed by atoms with Gasteiger partial charge in [-0.25, -0.2) is 4.79 Å². The van der Waals surface area contributed by atoms with E-state index >= 15 is 0 Å². The van der Waals surface area contributed by atoms with E-state index in [9.17, 15) is 4.79 Å². The molecule has 0 aromatic heterocycles. The molecule has 0 saturated heterocycles. The topological polar surface area (TPSA) is 51.0 Å². The predicted molar refractivity (Wildman–Crippen MR) is 57.1 cm³/mol. The highest BCUT2D eigenvalue weighted by molar-refractivity contribution is 6.30. The van der Waals surface area contributed by atoms with Crippen LogP contribution in [0.4, 0.5) is 5.69 Å². The molecule has 0 aliphatic heterocycles. The fraction of sp³-hybridized carbons (Fsp3) is 0.100. The first-order chi connectivity index (χ1) is 7.22. The molecule has 5 heteroatoms. The van der Waals surface area contributed by atoms with Crippen LogP contribution in [0.1, 0.15) is 0 Å². The smallest absolute Gasteiger partial charge is 0.332 e. The minimum atomic E-state index is -0.468. The van der Waals surface area contributed by atoms with E-state index in [0.29, 0.717) is 10.7 Å². The number of rotatable bonds is 3. The molecular weight excluding hydrogens is 216 g/mol. The molecule has 0 aliphatic carbocycles. The van der Waals surface area contributed by atoms with Gasteiger partial charge in [0.2, 0.25) is 0 Å². The van der Waals surface area contributed by atoms with Crippen LogP contribution >= 0.6 is 11.6 Å². The molecule has 4 nitrogen and oxygen atoms in total. The van der Waals surface area contributed by atoms with Gasteiger partial charge < -0.3 is 4.74 Å². The summed E-state index contributed by atoms with van der Waals surface area (Å²) in [6, 6.07) is 6.86. The molecule has 0 saturated carbocycles. The van der Waals surface area contributed by atoms with Crippen LogP contribution in [0.25, 0.3) is 0 Å². The van der Waals surface area contributed by atoms with E-state index in [2.05, 4.69) is 15.0 Å². The Morgan fingerprint density at radius 1 is 1.40 bits per heavy atom. The van der Waals surface area contributed by atoms with E-state index in [-0.39, 0.29) is 0 Å². The van der Waals surface area contributed by atoms with Crippen molar-refractivity contribution in [3.8, 4) is 0 Å². The van der Waals surface area contributed by atoms with Gasteiger partial charge in [-0.1, -0.05) is 11.6 Å². The molecule has 1 rings (SSSR count). The quantitative estimate of drug-likeness (QED) is 0.450. The first-order valence-electron chi connectivity index (χ1n) is 4.13. The molecule has 0 heterocycles. The van der Waals surface area contributed by atoms with Crippen molar-refractivity contribution in [1.82, 2.24) is 0 Å². The van der Waals surface area contributed by atoms with Gasteiger partial charge in [-0.15, -0.1) is 0 Å². The summed E-state index contributed by atoms with van der Waals surface area (Å²) in [5.41, 5.74) is 0.661. The maximum absolute atomic E-state index is 10.6. The number of ether oxygens (including phenoxy) is 1. The number of esters is 1. The van der Waals surface area contributed by atoms with Gasteiger partial charge in [-0.2, -0.15) is 10.2 Å². The monoisotopic (exact) mass is 224 g/mol. The maximum Gasteiger partial charge on any atom is 0.332 e. The number of nitrogens with zero attached hydrogens (tertiary/aromatic N) is 2. The van der Waals surface area contributed by atoms with Gasteiger partial charge >= 0.3 is 5.97 Å². The van der Waals surface area contributed by atoms with Crippen molar-refractivity contribution in [2.45, 2.75) is 0 Å². The number of hydrogen-bond donors (Lipinski definition) is 0. The standard InChI is InChI=1S/C10H9ClN2O2/c1-15-10(14)6-7-12-13-9-4-2-8(11)3-5-9/h2-7H,1H3/b7-6+,13-12?. The Kier molecular flexibility index (Phi) is 4.50. The van der Waals surface area contributed by atoms with Crippen LogP contribution in [-0.4, -0.2) is 13.1 Å². The summed E-state index contributed by atoms with van der Waals surface area (Å²) < 4.78 is 4.37. The first-order valence-corrected chi connectivity index (χ1v) is 4.51. The molecule has 0 amide bonds. The molecule has 15 heavy (non-hydrogen) atoms. The summed E-state index contributed by atoms with van der Waals surface area (Å²) in [6.45, 7) is 0. The van der Waals surface area contributed by atoms with Gasteiger partial charge in [0.1, 0.15) is 0 Å². The maximum atomic E-state index is 10.6. The molecule has 1 aromatic rings. The Bertz CT molecular complexity index is 385. The molecule has 0 radical (unpaired) electrons. The molecule has 0 unspecified atom stereocenters. The van der Waals surface area contributed by atoms with Gasteiger partial charge in [0, 0.05) is 11.1 Å². The normalized spacial score (nSPS) is 11.1. The highest BCUT2D eigenvalue weighted by atomic mass is 35.5. The third-order valence-electron chi connectivity index (χ3n) is 1.48. The lowest BCUT2D eigenvalue weighted by atomic mass is 10.3. The molecule has 0 aliphatic rings. The molecule has 1 aromatic carbocycles. The molecule has 0 N–H and O–H groups in total. The SMILES string of the molecule is COC(=O)/C=C/N=Nc1ccc(Cl)cc1. The number of carbonyl (C=O) groups is 1. The van der Waals surface area contributed by atoms with Crippen molar-refractivity contribution in [2.75, 3.05) is 7.11 Å². The highest BCUT2D eigenvalue weighted by Crippen LogP contribution is 2.16. The van der Waals surface area contributed by atoms with E-state index in [1.165, 1.54) is 19.4 Å². The fourth-order valence-electron chi connectivity index (χ4n) is 0.770. The summed E-state index contributed by atoms with van der Waals surface area (Å²) in [6.07, 6.45) is 2.44. The van der Waals surface area contributed by atoms with Crippen LogP contribution < -0.4 is 0 Å². The van der Waals surface area contributed by atoms with Gasteiger partial charge in [-0.05, 0) is 24.3 Å². The van der Waals surface area contributed by atoms with Crippen LogP contribution in [-0.2, 0) is 9.53 Å². The second kappa shape index (κ2) is 5.93. The average Bonchev–Trinajstić information content (AvgIpc) is 2.26. The molecule has 0 spiro atoms. The molecule has 0 fully saturated rings. The molecule has 0 atom stereocenters. The Morgan fingerprint density at radius 3 is 2.67 bits per heavy atom. The predicted octanol–water partition coefficient (Wildman–Crippen LogP) is 3.11. The molecular formula is C10H9ClN2O2. The Balaban J connectivity index is 2.55. The van der Waals surface area contributed by atoms with Crippen molar-refractivity contribution in [3.63, 3.8) is 0 Å². The number of azo groups is 1. The summed E-state index contributed by atoms with van der Waals surface area (Å²) in [5, 5.41) is 8.12. The minimum absolute atomic E-state index is 0.468. The summed E-state index contributed by atoms with van der Waals surface area (Å²) in [7, 11) is 1.29. The zero-order valence-electron chi connectivity index (χ0n) is 8.05. The Labute approximate surface area is 92.2 Å². The van der Waals surface area contributed by atoms with Gasteiger partial charge in [0.05, 0.1) is 19.0 Å². The van der Waals surface area contributed by atoms with Crippen LogP contribution in [0.2, 0.25) is 5.02 Å². The van der Waals surface area contributed by atoms with E-state index in [0.717, 1.165) is 0 Å². The number of methoxy groups -OCH3 is 1. The van der Waals surface area contributed by atoms with Crippen molar-refractivity contribution in [1.29, 1.82) is 0 Å². The third-order valence-corrected chi connectivity index (χ3v) is 1.73. The highest BCUT2D eigenvalue weighted by Gasteiger charge is 1.89. The lowest BCUT2D eigenvalue weighted by Gasteiger charge is -1.90. The van der Waals surface area contributed by atoms with Gasteiger partial charge in [0.15, 0.2) is 0 Å².